The Kier molecular flexibility index (Phi) is 4.92. The summed E-state index contributed by atoms with van der Waals surface area (Å²) in [6.45, 7) is 2.66. The maximum Gasteiger partial charge on any atom is 0.241 e. The zero-order chi connectivity index (χ0) is 19.7. The molecule has 0 bridgehead atoms. The van der Waals surface area contributed by atoms with Crippen molar-refractivity contribution in [1.82, 2.24) is 20.4 Å². The summed E-state index contributed by atoms with van der Waals surface area (Å²) in [5.41, 5.74) is 3.48. The molecule has 2 aromatic carbocycles. The minimum atomic E-state index is -0.313. The number of rotatable bonds is 4. The predicted octanol–water partition coefficient (Wildman–Crippen LogP) is 2.86. The van der Waals surface area contributed by atoms with Gasteiger partial charge in [0.05, 0.1) is 12.6 Å². The van der Waals surface area contributed by atoms with Crippen molar-refractivity contribution in [1.29, 1.82) is 0 Å². The highest BCUT2D eigenvalue weighted by Crippen LogP contribution is 2.26. The van der Waals surface area contributed by atoms with E-state index in [0.717, 1.165) is 0 Å². The molecular weight excluding hydrogens is 359 g/mol. The first kappa shape index (κ1) is 18.3. The van der Waals surface area contributed by atoms with E-state index >= 15 is 0 Å². The first-order valence-electron chi connectivity index (χ1n) is 9.16. The summed E-state index contributed by atoms with van der Waals surface area (Å²) in [7, 11) is 1.64. The summed E-state index contributed by atoms with van der Waals surface area (Å²) in [5, 5.41) is 6.71. The lowest BCUT2D eigenvalue weighted by Gasteiger charge is -2.34. The summed E-state index contributed by atoms with van der Waals surface area (Å²) < 4.78 is 19.2. The third-order valence-electron chi connectivity index (χ3n) is 5.13. The molecule has 1 N–H and O–H groups in total. The van der Waals surface area contributed by atoms with Gasteiger partial charge >= 0.3 is 0 Å². The third kappa shape index (κ3) is 3.53. The zero-order valence-corrected chi connectivity index (χ0v) is 15.8. The van der Waals surface area contributed by atoms with Gasteiger partial charge in [0, 0.05) is 19.2 Å². The van der Waals surface area contributed by atoms with Gasteiger partial charge < -0.3 is 9.84 Å². The Morgan fingerprint density at radius 1 is 1.29 bits per heavy atom. The molecule has 0 spiro atoms. The number of carbonyl (C=O) groups is 1. The molecule has 0 unspecified atom stereocenters. The smallest absolute Gasteiger partial charge is 0.241 e. The van der Waals surface area contributed by atoms with Crippen LogP contribution in [0.5, 0.6) is 0 Å². The van der Waals surface area contributed by atoms with Gasteiger partial charge in [-0.05, 0) is 36.1 Å². The maximum atomic E-state index is 13.8. The molecule has 4 rings (SSSR count). The summed E-state index contributed by atoms with van der Waals surface area (Å²) in [5.74, 6) is 0.373. The van der Waals surface area contributed by atoms with Crippen molar-refractivity contribution >= 4 is 5.91 Å². The van der Waals surface area contributed by atoms with Gasteiger partial charge in [-0.3, -0.25) is 9.69 Å². The monoisotopic (exact) mass is 380 g/mol. The summed E-state index contributed by atoms with van der Waals surface area (Å²) in [4.78, 5) is 18.8. The molecule has 6 nitrogen and oxygen atoms in total. The van der Waals surface area contributed by atoms with E-state index < -0.39 is 0 Å². The summed E-state index contributed by atoms with van der Waals surface area (Å²) >= 11 is 0. The van der Waals surface area contributed by atoms with Crippen LogP contribution in [0.25, 0.3) is 11.4 Å². The Morgan fingerprint density at radius 2 is 2.07 bits per heavy atom. The average Bonchev–Trinajstić information content (AvgIpc) is 3.17. The third-order valence-corrected chi connectivity index (χ3v) is 5.13. The van der Waals surface area contributed by atoms with Crippen LogP contribution >= 0.6 is 0 Å². The summed E-state index contributed by atoms with van der Waals surface area (Å²) in [6.07, 6.45) is 0.625. The summed E-state index contributed by atoms with van der Waals surface area (Å²) in [6, 6.07) is 12.6. The number of halogens is 1. The molecule has 0 fully saturated rings. The van der Waals surface area contributed by atoms with Crippen molar-refractivity contribution in [2.75, 3.05) is 7.05 Å². The van der Waals surface area contributed by atoms with Gasteiger partial charge in [-0.1, -0.05) is 41.6 Å². The molecule has 144 valence electrons. The molecule has 1 aromatic heterocycles. The minimum absolute atomic E-state index is 0.0464. The molecule has 3 aromatic rings. The SMILES string of the molecule is CNC(=O)[C@H]1Cc2ccccc2CN1Cc1nc(-c2ccc(C)c(F)c2)no1. The van der Waals surface area contributed by atoms with E-state index in [4.69, 9.17) is 4.52 Å². The van der Waals surface area contributed by atoms with Gasteiger partial charge in [0.1, 0.15) is 5.82 Å². The van der Waals surface area contributed by atoms with Crippen LogP contribution in [0.4, 0.5) is 4.39 Å². The highest BCUT2D eigenvalue weighted by molar-refractivity contribution is 5.82. The van der Waals surface area contributed by atoms with Crippen LogP contribution in [0.1, 0.15) is 22.6 Å². The average molecular weight is 380 g/mol. The fourth-order valence-electron chi connectivity index (χ4n) is 3.51. The molecule has 28 heavy (non-hydrogen) atoms. The van der Waals surface area contributed by atoms with Crippen molar-refractivity contribution in [2.45, 2.75) is 32.5 Å². The van der Waals surface area contributed by atoms with E-state index in [1.54, 1.807) is 26.1 Å². The first-order chi connectivity index (χ1) is 13.5. The van der Waals surface area contributed by atoms with Crippen LogP contribution in [-0.4, -0.2) is 34.0 Å². The Labute approximate surface area is 162 Å². The van der Waals surface area contributed by atoms with Crippen LogP contribution in [0, 0.1) is 12.7 Å². The highest BCUT2D eigenvalue weighted by Gasteiger charge is 2.32. The molecule has 0 saturated carbocycles. The number of aryl methyl sites for hydroxylation is 1. The number of aromatic nitrogens is 2. The number of amides is 1. The first-order valence-corrected chi connectivity index (χ1v) is 9.16. The number of likely N-dealkylation sites (N-methyl/N-ethyl adjacent to an activating group) is 1. The number of nitrogens with zero attached hydrogens (tertiary/aromatic N) is 3. The molecule has 2 heterocycles. The van der Waals surface area contributed by atoms with Crippen molar-refractivity contribution in [3.8, 4) is 11.4 Å². The maximum absolute atomic E-state index is 13.8. The Morgan fingerprint density at radius 3 is 2.82 bits per heavy atom. The molecule has 1 aliphatic heterocycles. The van der Waals surface area contributed by atoms with E-state index in [9.17, 15) is 9.18 Å². The fourth-order valence-corrected chi connectivity index (χ4v) is 3.51. The second-order valence-corrected chi connectivity index (χ2v) is 6.98. The Balaban J connectivity index is 1.58. The predicted molar refractivity (Wildman–Crippen MR) is 102 cm³/mol. The van der Waals surface area contributed by atoms with Crippen LogP contribution in [0.3, 0.4) is 0 Å². The standard InChI is InChI=1S/C21H21FN4O2/c1-13-7-8-15(9-17(13)22)20-24-19(28-25-20)12-26-11-16-6-4-3-5-14(16)10-18(26)21(27)23-2/h3-9,18H,10-12H2,1-2H3,(H,23,27)/t18-/m1/s1. The van der Waals surface area contributed by atoms with Gasteiger partial charge in [0.25, 0.3) is 0 Å². The molecule has 0 aliphatic carbocycles. The van der Waals surface area contributed by atoms with E-state index in [0.29, 0.717) is 42.4 Å². The van der Waals surface area contributed by atoms with Crippen LogP contribution < -0.4 is 5.32 Å². The van der Waals surface area contributed by atoms with Crippen molar-refractivity contribution in [2.24, 2.45) is 0 Å². The van der Waals surface area contributed by atoms with Gasteiger partial charge in [-0.15, -0.1) is 0 Å². The van der Waals surface area contributed by atoms with Crippen LogP contribution in [-0.2, 0) is 24.3 Å². The quantitative estimate of drug-likeness (QED) is 0.754. The number of nitrogens with one attached hydrogen (secondary N) is 1. The molecule has 0 saturated heterocycles. The Bertz CT molecular complexity index is 1020. The number of fused-ring (bicyclic) bond motifs is 1. The number of benzene rings is 2. The highest BCUT2D eigenvalue weighted by atomic mass is 19.1. The van der Waals surface area contributed by atoms with Crippen molar-refractivity contribution < 1.29 is 13.7 Å². The van der Waals surface area contributed by atoms with Crippen molar-refractivity contribution in [3.63, 3.8) is 0 Å². The zero-order valence-electron chi connectivity index (χ0n) is 15.8. The van der Waals surface area contributed by atoms with Gasteiger partial charge in [-0.25, -0.2) is 4.39 Å². The van der Waals surface area contributed by atoms with Gasteiger partial charge in [-0.2, -0.15) is 4.98 Å². The molecule has 1 amide bonds. The molecule has 1 aliphatic rings. The van der Waals surface area contributed by atoms with E-state index in [-0.39, 0.29) is 17.8 Å². The largest absolute Gasteiger partial charge is 0.358 e. The van der Waals surface area contributed by atoms with Crippen LogP contribution in [0.15, 0.2) is 47.0 Å². The lowest BCUT2D eigenvalue weighted by molar-refractivity contribution is -0.127. The van der Waals surface area contributed by atoms with Gasteiger partial charge in [0.2, 0.25) is 17.6 Å². The second-order valence-electron chi connectivity index (χ2n) is 6.98. The van der Waals surface area contributed by atoms with E-state index in [1.165, 1.54) is 17.2 Å². The van der Waals surface area contributed by atoms with E-state index in [1.807, 2.05) is 17.0 Å². The number of hydrogen-bond donors (Lipinski definition) is 1. The second kappa shape index (κ2) is 7.52. The van der Waals surface area contributed by atoms with Crippen molar-refractivity contribution in [3.05, 3.63) is 70.9 Å². The molecule has 7 heteroatoms. The fraction of sp³-hybridized carbons (Fsp3) is 0.286. The van der Waals surface area contributed by atoms with E-state index in [2.05, 4.69) is 27.6 Å². The molecular formula is C21H21FN4O2. The molecule has 1 atom stereocenters. The minimum Gasteiger partial charge on any atom is -0.358 e. The number of carbonyl (C=O) groups excluding carboxylic acids is 1. The molecule has 0 radical (unpaired) electrons. The Hall–Kier alpha value is -3.06. The lowest BCUT2D eigenvalue weighted by Crippen LogP contribution is -2.49. The normalized spacial score (nSPS) is 16.6. The van der Waals surface area contributed by atoms with Crippen LogP contribution in [0.2, 0.25) is 0 Å². The van der Waals surface area contributed by atoms with Gasteiger partial charge in [0.15, 0.2) is 0 Å². The number of hydrogen-bond acceptors (Lipinski definition) is 5. The lowest BCUT2D eigenvalue weighted by atomic mass is 9.93. The topological polar surface area (TPSA) is 71.3 Å².